The second kappa shape index (κ2) is 5.57. The lowest BCUT2D eigenvalue weighted by atomic mass is 9.90. The molecule has 0 amide bonds. The summed E-state index contributed by atoms with van der Waals surface area (Å²) in [6.07, 6.45) is 6.52. The molecule has 0 saturated carbocycles. The van der Waals surface area contributed by atoms with E-state index in [4.69, 9.17) is 9.47 Å². The predicted octanol–water partition coefficient (Wildman–Crippen LogP) is 1.49. The lowest BCUT2D eigenvalue weighted by molar-refractivity contribution is -0.146. The number of ether oxygens (including phenoxy) is 2. The third kappa shape index (κ3) is 3.04. The number of rotatable bonds is 4. The molecule has 0 radical (unpaired) electrons. The molecule has 3 aliphatic heterocycles. The van der Waals surface area contributed by atoms with Crippen molar-refractivity contribution in [1.82, 2.24) is 5.32 Å². The Hall–Kier alpha value is -0.610. The van der Waals surface area contributed by atoms with Crippen molar-refractivity contribution >= 4 is 5.97 Å². The van der Waals surface area contributed by atoms with E-state index in [0.29, 0.717) is 36.9 Å². The number of fused-ring (bicyclic) bond motifs is 2. The first-order chi connectivity index (χ1) is 8.79. The fraction of sp³-hybridized carbons (Fsp3) is 0.929. The minimum atomic E-state index is -0.00630. The fourth-order valence-electron chi connectivity index (χ4n) is 3.56. The highest BCUT2D eigenvalue weighted by Crippen LogP contribution is 2.32. The highest BCUT2D eigenvalue weighted by molar-refractivity contribution is 5.69. The number of carbonyl (C=O) groups is 1. The molecule has 0 aliphatic carbocycles. The van der Waals surface area contributed by atoms with Gasteiger partial charge in [0.15, 0.2) is 0 Å². The quantitative estimate of drug-likeness (QED) is 0.771. The molecule has 0 aromatic carbocycles. The van der Waals surface area contributed by atoms with E-state index < -0.39 is 0 Å². The van der Waals surface area contributed by atoms with Crippen molar-refractivity contribution in [2.45, 2.75) is 50.6 Å². The summed E-state index contributed by atoms with van der Waals surface area (Å²) in [5.74, 6) is 0.961. The van der Waals surface area contributed by atoms with E-state index in [1.165, 1.54) is 12.8 Å². The van der Waals surface area contributed by atoms with Gasteiger partial charge in [-0.3, -0.25) is 4.79 Å². The van der Waals surface area contributed by atoms with Gasteiger partial charge in [0, 0.05) is 31.0 Å². The van der Waals surface area contributed by atoms with Gasteiger partial charge in [0.2, 0.25) is 0 Å². The van der Waals surface area contributed by atoms with Gasteiger partial charge in [-0.1, -0.05) is 0 Å². The second-order valence-corrected chi connectivity index (χ2v) is 6.09. The van der Waals surface area contributed by atoms with Crippen molar-refractivity contribution in [3.8, 4) is 0 Å². The van der Waals surface area contributed by atoms with Crippen LogP contribution < -0.4 is 5.32 Å². The van der Waals surface area contributed by atoms with Gasteiger partial charge < -0.3 is 14.8 Å². The zero-order chi connectivity index (χ0) is 12.4. The molecule has 1 N–H and O–H groups in total. The Morgan fingerprint density at radius 3 is 2.61 bits per heavy atom. The van der Waals surface area contributed by atoms with Gasteiger partial charge in [-0.05, 0) is 38.0 Å². The Morgan fingerprint density at radius 2 is 1.94 bits per heavy atom. The zero-order valence-electron chi connectivity index (χ0n) is 10.9. The van der Waals surface area contributed by atoms with Crippen LogP contribution in [0.15, 0.2) is 0 Å². The van der Waals surface area contributed by atoms with Crippen LogP contribution in [0.3, 0.4) is 0 Å². The first-order valence-corrected chi connectivity index (χ1v) is 7.29. The number of nitrogens with one attached hydrogen (secondary N) is 1. The molecule has 102 valence electrons. The molecule has 0 aromatic heterocycles. The van der Waals surface area contributed by atoms with Crippen LogP contribution in [0.4, 0.5) is 0 Å². The van der Waals surface area contributed by atoms with Gasteiger partial charge in [0.05, 0.1) is 13.2 Å². The van der Waals surface area contributed by atoms with Crippen molar-refractivity contribution < 1.29 is 14.3 Å². The molecule has 3 heterocycles. The van der Waals surface area contributed by atoms with Crippen LogP contribution in [0, 0.1) is 11.8 Å². The van der Waals surface area contributed by atoms with E-state index in [2.05, 4.69) is 5.32 Å². The molecule has 3 saturated heterocycles. The van der Waals surface area contributed by atoms with Crippen LogP contribution in [0.5, 0.6) is 0 Å². The maximum atomic E-state index is 11.8. The number of hydrogen-bond acceptors (Lipinski definition) is 4. The average molecular weight is 253 g/mol. The molecule has 2 bridgehead atoms. The lowest BCUT2D eigenvalue weighted by Gasteiger charge is -2.28. The van der Waals surface area contributed by atoms with Crippen molar-refractivity contribution in [2.24, 2.45) is 11.8 Å². The van der Waals surface area contributed by atoms with Gasteiger partial charge in [-0.25, -0.2) is 0 Å². The average Bonchev–Trinajstić information content (AvgIpc) is 2.97. The third-order valence-electron chi connectivity index (χ3n) is 4.53. The number of hydrogen-bond donors (Lipinski definition) is 1. The fourth-order valence-corrected chi connectivity index (χ4v) is 3.56. The Labute approximate surface area is 108 Å². The molecule has 3 aliphatic rings. The number of esters is 1. The normalized spacial score (nSPS) is 38.9. The standard InChI is InChI=1S/C14H23NO3/c16-14(18-9-10-3-4-17-8-10)7-11-5-12-1-2-13(6-11)15-12/h10-13,15H,1-9H2. The Kier molecular flexibility index (Phi) is 3.85. The second-order valence-electron chi connectivity index (χ2n) is 6.09. The topological polar surface area (TPSA) is 47.6 Å². The van der Waals surface area contributed by atoms with Gasteiger partial charge >= 0.3 is 5.97 Å². The van der Waals surface area contributed by atoms with Gasteiger partial charge in [0.1, 0.15) is 0 Å². The third-order valence-corrected chi connectivity index (χ3v) is 4.53. The largest absolute Gasteiger partial charge is 0.465 e. The summed E-state index contributed by atoms with van der Waals surface area (Å²) in [6.45, 7) is 2.13. The summed E-state index contributed by atoms with van der Waals surface area (Å²) < 4.78 is 10.7. The minimum Gasteiger partial charge on any atom is -0.465 e. The molecule has 4 heteroatoms. The van der Waals surface area contributed by atoms with E-state index >= 15 is 0 Å². The molecular weight excluding hydrogens is 230 g/mol. The van der Waals surface area contributed by atoms with Crippen LogP contribution >= 0.6 is 0 Å². The first kappa shape index (κ1) is 12.4. The van der Waals surface area contributed by atoms with Crippen molar-refractivity contribution in [1.29, 1.82) is 0 Å². The summed E-state index contributed by atoms with van der Waals surface area (Å²) >= 11 is 0. The molecule has 0 aromatic rings. The predicted molar refractivity (Wildman–Crippen MR) is 67.2 cm³/mol. The highest BCUT2D eigenvalue weighted by atomic mass is 16.5. The Morgan fingerprint density at radius 1 is 1.17 bits per heavy atom. The monoisotopic (exact) mass is 253 g/mol. The van der Waals surface area contributed by atoms with E-state index in [1.54, 1.807) is 0 Å². The minimum absolute atomic E-state index is 0.00630. The zero-order valence-corrected chi connectivity index (χ0v) is 10.9. The molecule has 0 spiro atoms. The summed E-state index contributed by atoms with van der Waals surface area (Å²) in [7, 11) is 0. The van der Waals surface area contributed by atoms with E-state index in [9.17, 15) is 4.79 Å². The molecule has 3 unspecified atom stereocenters. The summed E-state index contributed by atoms with van der Waals surface area (Å²) in [5, 5.41) is 3.60. The van der Waals surface area contributed by atoms with Crippen LogP contribution in [-0.2, 0) is 14.3 Å². The number of carbonyl (C=O) groups excluding carboxylic acids is 1. The van der Waals surface area contributed by atoms with Crippen LogP contribution in [0.25, 0.3) is 0 Å². The molecular formula is C14H23NO3. The maximum Gasteiger partial charge on any atom is 0.306 e. The van der Waals surface area contributed by atoms with Crippen molar-refractivity contribution in [3.63, 3.8) is 0 Å². The summed E-state index contributed by atoms with van der Waals surface area (Å²) in [5.41, 5.74) is 0. The molecule has 3 rings (SSSR count). The van der Waals surface area contributed by atoms with Crippen molar-refractivity contribution in [2.75, 3.05) is 19.8 Å². The SMILES string of the molecule is O=C(CC1CC2CCC(C1)N2)OCC1CCOC1. The van der Waals surface area contributed by atoms with Crippen molar-refractivity contribution in [3.05, 3.63) is 0 Å². The van der Waals surface area contributed by atoms with Crippen LogP contribution in [-0.4, -0.2) is 37.9 Å². The van der Waals surface area contributed by atoms with Crippen LogP contribution in [0.2, 0.25) is 0 Å². The summed E-state index contributed by atoms with van der Waals surface area (Å²) in [6, 6.07) is 1.31. The molecule has 18 heavy (non-hydrogen) atoms. The van der Waals surface area contributed by atoms with Gasteiger partial charge in [0.25, 0.3) is 0 Å². The van der Waals surface area contributed by atoms with Gasteiger partial charge in [-0.2, -0.15) is 0 Å². The smallest absolute Gasteiger partial charge is 0.306 e. The molecule has 4 nitrogen and oxygen atoms in total. The first-order valence-electron chi connectivity index (χ1n) is 7.29. The van der Waals surface area contributed by atoms with Gasteiger partial charge in [-0.15, -0.1) is 0 Å². The lowest BCUT2D eigenvalue weighted by Crippen LogP contribution is -2.38. The van der Waals surface area contributed by atoms with E-state index in [0.717, 1.165) is 32.5 Å². The van der Waals surface area contributed by atoms with E-state index in [-0.39, 0.29) is 5.97 Å². The van der Waals surface area contributed by atoms with E-state index in [1.807, 2.05) is 0 Å². The Balaban J connectivity index is 1.38. The molecule has 3 atom stereocenters. The Bertz CT molecular complexity index is 289. The maximum absolute atomic E-state index is 11.8. The summed E-state index contributed by atoms with van der Waals surface area (Å²) in [4.78, 5) is 11.8. The van der Waals surface area contributed by atoms with Crippen LogP contribution in [0.1, 0.15) is 38.5 Å². The number of piperidine rings is 1. The highest BCUT2D eigenvalue weighted by Gasteiger charge is 2.34. The molecule has 3 fully saturated rings.